The van der Waals surface area contributed by atoms with Gasteiger partial charge in [0.1, 0.15) is 0 Å². The Labute approximate surface area is 165 Å². The fourth-order valence-corrected chi connectivity index (χ4v) is 4.13. The highest BCUT2D eigenvalue weighted by atomic mass is 16.1. The second kappa shape index (κ2) is 8.84. The van der Waals surface area contributed by atoms with E-state index in [0.717, 1.165) is 69.9 Å². The lowest BCUT2D eigenvalue weighted by molar-refractivity contribution is 0.124. The molecule has 4 rings (SSSR count). The van der Waals surface area contributed by atoms with Gasteiger partial charge in [0.15, 0.2) is 0 Å². The second-order valence-corrected chi connectivity index (χ2v) is 7.80. The minimum absolute atomic E-state index is 0.0348. The molecule has 1 aliphatic heterocycles. The Bertz CT molecular complexity index is 911. The highest BCUT2D eigenvalue weighted by Gasteiger charge is 2.18. The van der Waals surface area contributed by atoms with Crippen LogP contribution in [0.2, 0.25) is 0 Å². The van der Waals surface area contributed by atoms with Crippen molar-refractivity contribution in [3.63, 3.8) is 0 Å². The van der Waals surface area contributed by atoms with Crippen molar-refractivity contribution < 1.29 is 0 Å². The summed E-state index contributed by atoms with van der Waals surface area (Å²) in [6.45, 7) is 7.11. The Kier molecular flexibility index (Phi) is 6.02. The van der Waals surface area contributed by atoms with E-state index in [1.165, 1.54) is 12.8 Å². The predicted molar refractivity (Wildman–Crippen MR) is 109 cm³/mol. The first kappa shape index (κ1) is 19.1. The molecule has 150 valence electrons. The van der Waals surface area contributed by atoms with Crippen molar-refractivity contribution in [1.82, 2.24) is 24.1 Å². The SMILES string of the molecule is O=c1ccccn1CCN1CCN(CCn2nc3c(cc2=O)CCCC3)CC1. The van der Waals surface area contributed by atoms with Gasteiger partial charge in [-0.15, -0.1) is 0 Å². The standard InChI is InChI=1S/C21H29N5O2/c27-20-7-3-4-8-25(20)15-13-23-9-11-24(12-10-23)14-16-26-21(28)17-18-5-1-2-6-19(18)22-26/h3-4,7-8,17H,1-2,5-6,9-16H2. The van der Waals surface area contributed by atoms with Crippen LogP contribution in [0.15, 0.2) is 40.1 Å². The normalized spacial score (nSPS) is 18.1. The van der Waals surface area contributed by atoms with Crippen LogP contribution in [-0.4, -0.2) is 63.4 Å². The first-order chi connectivity index (χ1) is 13.7. The van der Waals surface area contributed by atoms with Gasteiger partial charge in [-0.2, -0.15) is 5.10 Å². The molecule has 28 heavy (non-hydrogen) atoms. The number of rotatable bonds is 6. The number of pyridine rings is 1. The molecule has 7 heteroatoms. The Hall–Kier alpha value is -2.25. The molecule has 2 aliphatic rings. The zero-order valence-corrected chi connectivity index (χ0v) is 16.4. The number of hydrogen-bond donors (Lipinski definition) is 0. The highest BCUT2D eigenvalue weighted by molar-refractivity contribution is 5.20. The van der Waals surface area contributed by atoms with Crippen molar-refractivity contribution >= 4 is 0 Å². The third-order valence-corrected chi connectivity index (χ3v) is 5.92. The highest BCUT2D eigenvalue weighted by Crippen LogP contribution is 2.16. The van der Waals surface area contributed by atoms with Crippen molar-refractivity contribution in [3.05, 3.63) is 62.4 Å². The van der Waals surface area contributed by atoms with Crippen LogP contribution in [0.1, 0.15) is 24.1 Å². The lowest BCUT2D eigenvalue weighted by Gasteiger charge is -2.34. The molecule has 1 saturated heterocycles. The van der Waals surface area contributed by atoms with Gasteiger partial charge in [0, 0.05) is 64.1 Å². The van der Waals surface area contributed by atoms with Crippen LogP contribution in [0, 0.1) is 0 Å². The van der Waals surface area contributed by atoms with Gasteiger partial charge in [-0.25, -0.2) is 4.68 Å². The van der Waals surface area contributed by atoms with Crippen molar-refractivity contribution in [3.8, 4) is 0 Å². The van der Waals surface area contributed by atoms with E-state index in [2.05, 4.69) is 14.9 Å². The van der Waals surface area contributed by atoms with Crippen LogP contribution in [-0.2, 0) is 25.9 Å². The average Bonchev–Trinajstić information content (AvgIpc) is 2.72. The van der Waals surface area contributed by atoms with Crippen molar-refractivity contribution in [1.29, 1.82) is 0 Å². The van der Waals surface area contributed by atoms with Gasteiger partial charge in [-0.1, -0.05) is 6.07 Å². The molecule has 0 radical (unpaired) electrons. The third-order valence-electron chi connectivity index (χ3n) is 5.92. The Morgan fingerprint density at radius 2 is 1.54 bits per heavy atom. The fourth-order valence-electron chi connectivity index (χ4n) is 4.13. The van der Waals surface area contributed by atoms with Crippen LogP contribution < -0.4 is 11.1 Å². The Balaban J connectivity index is 1.24. The Morgan fingerprint density at radius 3 is 2.29 bits per heavy atom. The molecule has 0 atom stereocenters. The molecule has 0 unspecified atom stereocenters. The molecule has 2 aromatic heterocycles. The van der Waals surface area contributed by atoms with E-state index in [4.69, 9.17) is 0 Å². The maximum absolute atomic E-state index is 12.3. The lowest BCUT2D eigenvalue weighted by atomic mass is 9.97. The summed E-state index contributed by atoms with van der Waals surface area (Å²) in [5, 5.41) is 4.62. The van der Waals surface area contributed by atoms with Crippen molar-refractivity contribution in [2.45, 2.75) is 38.8 Å². The molecule has 0 bridgehead atoms. The monoisotopic (exact) mass is 383 g/mol. The molecule has 0 spiro atoms. The summed E-state index contributed by atoms with van der Waals surface area (Å²) in [5.74, 6) is 0. The number of aromatic nitrogens is 3. The summed E-state index contributed by atoms with van der Waals surface area (Å²) < 4.78 is 3.42. The summed E-state index contributed by atoms with van der Waals surface area (Å²) >= 11 is 0. The van der Waals surface area contributed by atoms with E-state index in [-0.39, 0.29) is 11.1 Å². The minimum Gasteiger partial charge on any atom is -0.314 e. The maximum atomic E-state index is 12.3. The molecule has 2 aromatic rings. The molecule has 0 saturated carbocycles. The van der Waals surface area contributed by atoms with Gasteiger partial charge >= 0.3 is 0 Å². The quantitative estimate of drug-likeness (QED) is 0.731. The van der Waals surface area contributed by atoms with Gasteiger partial charge in [0.05, 0.1) is 12.2 Å². The zero-order chi connectivity index (χ0) is 19.3. The molecule has 0 aromatic carbocycles. The maximum Gasteiger partial charge on any atom is 0.267 e. The van der Waals surface area contributed by atoms with Crippen molar-refractivity contribution in [2.75, 3.05) is 39.3 Å². The smallest absolute Gasteiger partial charge is 0.267 e. The number of piperazine rings is 1. The molecule has 3 heterocycles. The predicted octanol–water partition coefficient (Wildman–Crippen LogP) is 0.602. The number of hydrogen-bond acceptors (Lipinski definition) is 5. The molecular weight excluding hydrogens is 354 g/mol. The van der Waals surface area contributed by atoms with Crippen LogP contribution in [0.4, 0.5) is 0 Å². The number of aryl methyl sites for hydroxylation is 2. The van der Waals surface area contributed by atoms with Gasteiger partial charge in [-0.05, 0) is 37.3 Å². The molecule has 7 nitrogen and oxygen atoms in total. The number of nitrogens with zero attached hydrogens (tertiary/aromatic N) is 5. The van der Waals surface area contributed by atoms with Crippen LogP contribution in [0.25, 0.3) is 0 Å². The fraction of sp³-hybridized carbons (Fsp3) is 0.571. The minimum atomic E-state index is 0.0348. The molecule has 1 aliphatic carbocycles. The first-order valence-corrected chi connectivity index (χ1v) is 10.4. The Morgan fingerprint density at radius 1 is 0.821 bits per heavy atom. The molecule has 0 N–H and O–H groups in total. The number of fused-ring (bicyclic) bond motifs is 1. The summed E-state index contributed by atoms with van der Waals surface area (Å²) in [6.07, 6.45) is 6.19. The topological polar surface area (TPSA) is 63.4 Å². The molecule has 0 amide bonds. The van der Waals surface area contributed by atoms with Crippen LogP contribution in [0.5, 0.6) is 0 Å². The summed E-state index contributed by atoms with van der Waals surface area (Å²) in [7, 11) is 0. The summed E-state index contributed by atoms with van der Waals surface area (Å²) in [5.41, 5.74) is 2.36. The van der Waals surface area contributed by atoms with E-state index in [9.17, 15) is 9.59 Å². The zero-order valence-electron chi connectivity index (χ0n) is 16.4. The van der Waals surface area contributed by atoms with Crippen LogP contribution >= 0.6 is 0 Å². The molecular formula is C21H29N5O2. The van der Waals surface area contributed by atoms with Gasteiger partial charge in [0.2, 0.25) is 0 Å². The second-order valence-electron chi connectivity index (χ2n) is 7.80. The van der Waals surface area contributed by atoms with Crippen molar-refractivity contribution in [2.24, 2.45) is 0 Å². The van der Waals surface area contributed by atoms with Gasteiger partial charge < -0.3 is 4.57 Å². The van der Waals surface area contributed by atoms with Crippen LogP contribution in [0.3, 0.4) is 0 Å². The third kappa shape index (κ3) is 4.59. The summed E-state index contributed by atoms with van der Waals surface area (Å²) in [4.78, 5) is 28.9. The van der Waals surface area contributed by atoms with Gasteiger partial charge in [-0.3, -0.25) is 19.4 Å². The lowest BCUT2D eigenvalue weighted by Crippen LogP contribution is -2.48. The first-order valence-electron chi connectivity index (χ1n) is 10.4. The van der Waals surface area contributed by atoms with E-state index in [0.29, 0.717) is 6.54 Å². The van der Waals surface area contributed by atoms with Gasteiger partial charge in [0.25, 0.3) is 11.1 Å². The molecule has 1 fully saturated rings. The van der Waals surface area contributed by atoms with E-state index in [1.54, 1.807) is 27.4 Å². The largest absolute Gasteiger partial charge is 0.314 e. The average molecular weight is 383 g/mol. The van der Waals surface area contributed by atoms with E-state index >= 15 is 0 Å². The summed E-state index contributed by atoms with van der Waals surface area (Å²) in [6, 6.07) is 7.08. The van der Waals surface area contributed by atoms with E-state index in [1.807, 2.05) is 12.3 Å². The van der Waals surface area contributed by atoms with E-state index < -0.39 is 0 Å².